The second-order valence-electron chi connectivity index (χ2n) is 6.85. The van der Waals surface area contributed by atoms with Crippen LogP contribution in [0.2, 0.25) is 0 Å². The molecule has 3 rings (SSSR count). The molecule has 1 heterocycles. The van der Waals surface area contributed by atoms with Gasteiger partial charge >= 0.3 is 0 Å². The van der Waals surface area contributed by atoms with Crippen molar-refractivity contribution in [2.24, 2.45) is 0 Å². The van der Waals surface area contributed by atoms with E-state index in [1.54, 1.807) is 19.1 Å². The fourth-order valence-corrected chi connectivity index (χ4v) is 4.78. The van der Waals surface area contributed by atoms with Crippen molar-refractivity contribution in [1.82, 2.24) is 9.62 Å². The largest absolute Gasteiger partial charge is 0.494 e. The third-order valence-corrected chi connectivity index (χ3v) is 6.74. The molecular formula is C21H26N2O4S. The van der Waals surface area contributed by atoms with E-state index in [1.807, 2.05) is 31.2 Å². The van der Waals surface area contributed by atoms with Crippen LogP contribution in [-0.2, 0) is 16.6 Å². The lowest BCUT2D eigenvalue weighted by Crippen LogP contribution is -2.29. The molecule has 1 fully saturated rings. The lowest BCUT2D eigenvalue weighted by molar-refractivity contribution is 0.0950. The second kappa shape index (κ2) is 8.75. The van der Waals surface area contributed by atoms with Crippen molar-refractivity contribution in [3.8, 4) is 5.75 Å². The molecule has 0 unspecified atom stereocenters. The van der Waals surface area contributed by atoms with Crippen molar-refractivity contribution in [3.05, 3.63) is 59.2 Å². The van der Waals surface area contributed by atoms with E-state index in [-0.39, 0.29) is 10.8 Å². The summed E-state index contributed by atoms with van der Waals surface area (Å²) >= 11 is 0. The summed E-state index contributed by atoms with van der Waals surface area (Å²) in [4.78, 5) is 12.8. The molecule has 1 N–H and O–H groups in total. The molecule has 1 amide bonds. The SMILES string of the molecule is CCOc1ccc(CNC(=O)c2cc(S(=O)(=O)N3CCCC3)ccc2C)cc1. The molecular weight excluding hydrogens is 376 g/mol. The second-order valence-corrected chi connectivity index (χ2v) is 8.79. The van der Waals surface area contributed by atoms with E-state index in [9.17, 15) is 13.2 Å². The number of hydrogen-bond donors (Lipinski definition) is 1. The van der Waals surface area contributed by atoms with Gasteiger partial charge in [0.1, 0.15) is 5.75 Å². The van der Waals surface area contributed by atoms with Crippen LogP contribution in [0.15, 0.2) is 47.4 Å². The zero-order valence-corrected chi connectivity index (χ0v) is 17.1. The van der Waals surface area contributed by atoms with Crippen LogP contribution in [0.1, 0.15) is 41.3 Å². The third kappa shape index (κ3) is 4.54. The fraction of sp³-hybridized carbons (Fsp3) is 0.381. The smallest absolute Gasteiger partial charge is 0.251 e. The number of hydrogen-bond acceptors (Lipinski definition) is 4. The molecule has 2 aromatic carbocycles. The van der Waals surface area contributed by atoms with E-state index in [1.165, 1.54) is 10.4 Å². The predicted molar refractivity (Wildman–Crippen MR) is 108 cm³/mol. The molecule has 0 aliphatic carbocycles. The van der Waals surface area contributed by atoms with E-state index >= 15 is 0 Å². The van der Waals surface area contributed by atoms with Gasteiger partial charge < -0.3 is 10.1 Å². The normalized spacial score (nSPS) is 14.8. The van der Waals surface area contributed by atoms with Crippen molar-refractivity contribution >= 4 is 15.9 Å². The Bertz CT molecular complexity index is 933. The molecule has 1 aliphatic heterocycles. The minimum Gasteiger partial charge on any atom is -0.494 e. The highest BCUT2D eigenvalue weighted by Crippen LogP contribution is 2.23. The number of aryl methyl sites for hydroxylation is 1. The molecule has 150 valence electrons. The van der Waals surface area contributed by atoms with Gasteiger partial charge in [0.2, 0.25) is 10.0 Å². The maximum Gasteiger partial charge on any atom is 0.251 e. The Hall–Kier alpha value is -2.38. The monoisotopic (exact) mass is 402 g/mol. The number of benzene rings is 2. The molecule has 2 aromatic rings. The van der Waals surface area contributed by atoms with Crippen LogP contribution in [0.3, 0.4) is 0 Å². The number of nitrogens with zero attached hydrogens (tertiary/aromatic N) is 1. The lowest BCUT2D eigenvalue weighted by Gasteiger charge is -2.17. The van der Waals surface area contributed by atoms with Gasteiger partial charge in [-0.15, -0.1) is 0 Å². The minimum absolute atomic E-state index is 0.172. The lowest BCUT2D eigenvalue weighted by atomic mass is 10.1. The van der Waals surface area contributed by atoms with Gasteiger partial charge in [-0.05, 0) is 62.1 Å². The maximum absolute atomic E-state index is 12.8. The standard InChI is InChI=1S/C21H26N2O4S/c1-3-27-18-9-7-17(8-10-18)15-22-21(24)20-14-19(11-6-16(20)2)28(25,26)23-12-4-5-13-23/h6-11,14H,3-5,12-13,15H2,1-2H3,(H,22,24). The van der Waals surface area contributed by atoms with Crippen LogP contribution in [0.4, 0.5) is 0 Å². The quantitative estimate of drug-likeness (QED) is 0.772. The summed E-state index contributed by atoms with van der Waals surface area (Å²) < 4.78 is 32.4. The van der Waals surface area contributed by atoms with E-state index in [0.29, 0.717) is 31.8 Å². The van der Waals surface area contributed by atoms with E-state index in [0.717, 1.165) is 29.7 Å². The Morgan fingerprint density at radius 3 is 2.43 bits per heavy atom. The van der Waals surface area contributed by atoms with Gasteiger partial charge in [-0.2, -0.15) is 4.31 Å². The summed E-state index contributed by atoms with van der Waals surface area (Å²) in [6, 6.07) is 12.3. The average molecular weight is 403 g/mol. The predicted octanol–water partition coefficient (Wildman–Crippen LogP) is 3.11. The number of carbonyl (C=O) groups is 1. The first-order valence-corrected chi connectivity index (χ1v) is 11.0. The van der Waals surface area contributed by atoms with Gasteiger partial charge in [0.25, 0.3) is 5.91 Å². The zero-order valence-electron chi connectivity index (χ0n) is 16.3. The highest BCUT2D eigenvalue weighted by Gasteiger charge is 2.28. The van der Waals surface area contributed by atoms with Gasteiger partial charge in [-0.25, -0.2) is 8.42 Å². The first-order chi connectivity index (χ1) is 13.4. The maximum atomic E-state index is 12.8. The molecule has 0 aromatic heterocycles. The Morgan fingerprint density at radius 1 is 1.11 bits per heavy atom. The first kappa shape index (κ1) is 20.4. The molecule has 7 heteroatoms. The van der Waals surface area contributed by atoms with Crippen molar-refractivity contribution in [2.75, 3.05) is 19.7 Å². The van der Waals surface area contributed by atoms with Crippen LogP contribution in [-0.4, -0.2) is 38.3 Å². The summed E-state index contributed by atoms with van der Waals surface area (Å²) in [5.41, 5.74) is 2.06. The van der Waals surface area contributed by atoms with E-state index in [2.05, 4.69) is 5.32 Å². The van der Waals surface area contributed by atoms with Crippen LogP contribution < -0.4 is 10.1 Å². The molecule has 28 heavy (non-hydrogen) atoms. The van der Waals surface area contributed by atoms with Crippen molar-refractivity contribution in [3.63, 3.8) is 0 Å². The summed E-state index contributed by atoms with van der Waals surface area (Å²) in [6.07, 6.45) is 1.75. The topological polar surface area (TPSA) is 75.7 Å². The molecule has 0 bridgehead atoms. The number of amides is 1. The van der Waals surface area contributed by atoms with Crippen LogP contribution >= 0.6 is 0 Å². The van der Waals surface area contributed by atoms with Crippen molar-refractivity contribution in [1.29, 1.82) is 0 Å². The Balaban J connectivity index is 1.72. The number of rotatable bonds is 7. The van der Waals surface area contributed by atoms with Gasteiger partial charge in [-0.3, -0.25) is 4.79 Å². The number of ether oxygens (including phenoxy) is 1. The van der Waals surface area contributed by atoms with Gasteiger partial charge in [0.05, 0.1) is 11.5 Å². The molecule has 1 aliphatic rings. The Kier molecular flexibility index (Phi) is 6.36. The van der Waals surface area contributed by atoms with Crippen LogP contribution in [0, 0.1) is 6.92 Å². The number of carbonyl (C=O) groups excluding carboxylic acids is 1. The van der Waals surface area contributed by atoms with Crippen molar-refractivity contribution < 1.29 is 17.9 Å². The molecule has 0 saturated carbocycles. The van der Waals surface area contributed by atoms with Crippen LogP contribution in [0.25, 0.3) is 0 Å². The number of sulfonamides is 1. The third-order valence-electron chi connectivity index (χ3n) is 4.84. The number of nitrogens with one attached hydrogen (secondary N) is 1. The minimum atomic E-state index is -3.55. The molecule has 6 nitrogen and oxygen atoms in total. The highest BCUT2D eigenvalue weighted by atomic mass is 32.2. The zero-order chi connectivity index (χ0) is 20.1. The Labute approximate surface area is 166 Å². The summed E-state index contributed by atoms with van der Waals surface area (Å²) in [6.45, 7) is 5.76. The molecule has 0 radical (unpaired) electrons. The molecule has 0 atom stereocenters. The highest BCUT2D eigenvalue weighted by molar-refractivity contribution is 7.89. The van der Waals surface area contributed by atoms with E-state index < -0.39 is 10.0 Å². The van der Waals surface area contributed by atoms with Gasteiger partial charge in [0, 0.05) is 25.2 Å². The molecule has 0 spiro atoms. The van der Waals surface area contributed by atoms with Crippen molar-refractivity contribution in [2.45, 2.75) is 38.1 Å². The van der Waals surface area contributed by atoms with E-state index in [4.69, 9.17) is 4.74 Å². The average Bonchev–Trinajstić information content (AvgIpc) is 3.23. The molecule has 1 saturated heterocycles. The van der Waals surface area contributed by atoms with Crippen LogP contribution in [0.5, 0.6) is 5.75 Å². The summed E-state index contributed by atoms with van der Waals surface area (Å²) in [7, 11) is -3.55. The van der Waals surface area contributed by atoms with Gasteiger partial charge in [0.15, 0.2) is 0 Å². The summed E-state index contributed by atoms with van der Waals surface area (Å²) in [5, 5.41) is 2.87. The summed E-state index contributed by atoms with van der Waals surface area (Å²) in [5.74, 6) is 0.498. The van der Waals surface area contributed by atoms with Gasteiger partial charge in [-0.1, -0.05) is 18.2 Å². The Morgan fingerprint density at radius 2 is 1.79 bits per heavy atom. The fourth-order valence-electron chi connectivity index (χ4n) is 3.23. The first-order valence-electron chi connectivity index (χ1n) is 9.52.